The summed E-state index contributed by atoms with van der Waals surface area (Å²) in [5.41, 5.74) is 2.78. The van der Waals surface area contributed by atoms with E-state index in [-0.39, 0.29) is 17.7 Å². The average Bonchev–Trinajstić information content (AvgIpc) is 3.35. The standard InChI is InChI=1S/C20H21F2NO/c1-3-13-4-6-14(7-5-13)12-23(2)20(24)18-11-17(18)16-9-8-15(21)10-19(16)22/h4-10,17-18H,3,11-12H2,1-2H3. The van der Waals surface area contributed by atoms with Crippen LogP contribution in [0.2, 0.25) is 0 Å². The molecule has 1 aliphatic carbocycles. The molecular formula is C20H21F2NO. The molecule has 0 aliphatic heterocycles. The average molecular weight is 329 g/mol. The number of aryl methyl sites for hydroxylation is 1. The van der Waals surface area contributed by atoms with Gasteiger partial charge < -0.3 is 4.90 Å². The van der Waals surface area contributed by atoms with Crippen LogP contribution in [0.15, 0.2) is 42.5 Å². The number of rotatable bonds is 5. The topological polar surface area (TPSA) is 20.3 Å². The molecule has 0 radical (unpaired) electrons. The van der Waals surface area contributed by atoms with Crippen molar-refractivity contribution in [2.45, 2.75) is 32.2 Å². The molecule has 2 aromatic rings. The van der Waals surface area contributed by atoms with Crippen molar-refractivity contribution in [3.8, 4) is 0 Å². The third-order valence-electron chi connectivity index (χ3n) is 4.70. The molecule has 24 heavy (non-hydrogen) atoms. The maximum absolute atomic E-state index is 13.8. The van der Waals surface area contributed by atoms with E-state index in [1.54, 1.807) is 11.9 Å². The summed E-state index contributed by atoms with van der Waals surface area (Å²) in [6.07, 6.45) is 1.61. The number of carbonyl (C=O) groups is 1. The highest BCUT2D eigenvalue weighted by Crippen LogP contribution is 2.49. The molecular weight excluding hydrogens is 308 g/mol. The van der Waals surface area contributed by atoms with Crippen molar-refractivity contribution in [1.82, 2.24) is 4.90 Å². The van der Waals surface area contributed by atoms with Gasteiger partial charge >= 0.3 is 0 Å². The Kier molecular flexibility index (Phi) is 4.65. The molecule has 1 aliphatic rings. The van der Waals surface area contributed by atoms with Crippen molar-refractivity contribution >= 4 is 5.91 Å². The molecule has 0 saturated heterocycles. The largest absolute Gasteiger partial charge is 0.341 e. The normalized spacial score (nSPS) is 19.2. The zero-order chi connectivity index (χ0) is 17.3. The zero-order valence-electron chi connectivity index (χ0n) is 13.9. The van der Waals surface area contributed by atoms with Crippen LogP contribution in [-0.2, 0) is 17.8 Å². The molecule has 1 fully saturated rings. The maximum atomic E-state index is 13.8. The fraction of sp³-hybridized carbons (Fsp3) is 0.350. The quantitative estimate of drug-likeness (QED) is 0.801. The predicted molar refractivity (Wildman–Crippen MR) is 89.5 cm³/mol. The number of hydrogen-bond donors (Lipinski definition) is 0. The minimum absolute atomic E-state index is 0.0169. The molecule has 0 aromatic heterocycles. The van der Waals surface area contributed by atoms with E-state index in [0.717, 1.165) is 18.1 Å². The van der Waals surface area contributed by atoms with Crippen LogP contribution in [0.3, 0.4) is 0 Å². The SMILES string of the molecule is CCc1ccc(CN(C)C(=O)C2CC2c2ccc(F)cc2F)cc1. The third kappa shape index (κ3) is 3.48. The summed E-state index contributed by atoms with van der Waals surface area (Å²) in [4.78, 5) is 14.2. The third-order valence-corrected chi connectivity index (χ3v) is 4.70. The minimum atomic E-state index is -0.590. The van der Waals surface area contributed by atoms with Gasteiger partial charge in [-0.15, -0.1) is 0 Å². The number of amides is 1. The van der Waals surface area contributed by atoms with Gasteiger partial charge in [0.05, 0.1) is 0 Å². The van der Waals surface area contributed by atoms with Crippen molar-refractivity contribution < 1.29 is 13.6 Å². The van der Waals surface area contributed by atoms with Crippen LogP contribution in [0.25, 0.3) is 0 Å². The van der Waals surface area contributed by atoms with Gasteiger partial charge in [0.2, 0.25) is 5.91 Å². The predicted octanol–water partition coefficient (Wildman–Crippen LogP) is 4.29. The van der Waals surface area contributed by atoms with Gasteiger partial charge in [-0.25, -0.2) is 8.78 Å². The first kappa shape index (κ1) is 16.6. The Morgan fingerprint density at radius 2 is 1.79 bits per heavy atom. The summed E-state index contributed by atoms with van der Waals surface area (Å²) in [5, 5.41) is 0. The molecule has 0 N–H and O–H groups in total. The minimum Gasteiger partial charge on any atom is -0.341 e. The fourth-order valence-electron chi connectivity index (χ4n) is 3.13. The summed E-state index contributed by atoms with van der Waals surface area (Å²) in [7, 11) is 1.77. The number of hydrogen-bond acceptors (Lipinski definition) is 1. The van der Waals surface area contributed by atoms with Gasteiger partial charge in [0.25, 0.3) is 0 Å². The Labute approximate surface area is 141 Å². The van der Waals surface area contributed by atoms with E-state index in [1.165, 1.54) is 17.7 Å². The molecule has 2 unspecified atom stereocenters. The Morgan fingerprint density at radius 1 is 1.12 bits per heavy atom. The molecule has 1 amide bonds. The van der Waals surface area contributed by atoms with Crippen LogP contribution in [0.1, 0.15) is 36.0 Å². The molecule has 3 rings (SSSR count). The van der Waals surface area contributed by atoms with Crippen LogP contribution in [-0.4, -0.2) is 17.9 Å². The van der Waals surface area contributed by atoms with Crippen molar-refractivity contribution in [2.24, 2.45) is 5.92 Å². The van der Waals surface area contributed by atoms with Crippen molar-refractivity contribution in [1.29, 1.82) is 0 Å². The van der Waals surface area contributed by atoms with Gasteiger partial charge in [-0.3, -0.25) is 4.79 Å². The number of halogens is 2. The Morgan fingerprint density at radius 3 is 2.42 bits per heavy atom. The first-order valence-corrected chi connectivity index (χ1v) is 8.27. The van der Waals surface area contributed by atoms with Gasteiger partial charge in [0, 0.05) is 25.6 Å². The van der Waals surface area contributed by atoms with E-state index < -0.39 is 11.6 Å². The number of nitrogens with zero attached hydrogens (tertiary/aromatic N) is 1. The van der Waals surface area contributed by atoms with E-state index in [1.807, 2.05) is 12.1 Å². The highest BCUT2D eigenvalue weighted by molar-refractivity contribution is 5.82. The number of benzene rings is 2. The highest BCUT2D eigenvalue weighted by atomic mass is 19.1. The second-order valence-electron chi connectivity index (χ2n) is 6.48. The molecule has 4 heteroatoms. The van der Waals surface area contributed by atoms with Crippen LogP contribution < -0.4 is 0 Å². The number of carbonyl (C=O) groups excluding carboxylic acids is 1. The zero-order valence-corrected chi connectivity index (χ0v) is 13.9. The van der Waals surface area contributed by atoms with Crippen molar-refractivity contribution in [3.63, 3.8) is 0 Å². The van der Waals surface area contributed by atoms with E-state index in [0.29, 0.717) is 18.5 Å². The second kappa shape index (κ2) is 6.71. The lowest BCUT2D eigenvalue weighted by molar-refractivity contribution is -0.131. The monoisotopic (exact) mass is 329 g/mol. The lowest BCUT2D eigenvalue weighted by Crippen LogP contribution is -2.28. The molecule has 0 spiro atoms. The van der Waals surface area contributed by atoms with Gasteiger partial charge in [-0.2, -0.15) is 0 Å². The van der Waals surface area contributed by atoms with Crippen molar-refractivity contribution in [2.75, 3.05) is 7.05 Å². The van der Waals surface area contributed by atoms with Crippen molar-refractivity contribution in [3.05, 3.63) is 70.8 Å². The molecule has 1 saturated carbocycles. The summed E-state index contributed by atoms with van der Waals surface area (Å²) < 4.78 is 26.8. The first-order chi connectivity index (χ1) is 11.5. The molecule has 126 valence electrons. The Balaban J connectivity index is 1.62. The smallest absolute Gasteiger partial charge is 0.226 e. The van der Waals surface area contributed by atoms with Gasteiger partial charge in [0.15, 0.2) is 0 Å². The molecule has 2 atom stereocenters. The maximum Gasteiger partial charge on any atom is 0.226 e. The van der Waals surface area contributed by atoms with Crippen LogP contribution in [0.5, 0.6) is 0 Å². The van der Waals surface area contributed by atoms with E-state index in [9.17, 15) is 13.6 Å². The van der Waals surface area contributed by atoms with Gasteiger partial charge in [-0.1, -0.05) is 37.3 Å². The summed E-state index contributed by atoms with van der Waals surface area (Å²) in [5.74, 6) is -1.48. The van der Waals surface area contributed by atoms with E-state index in [2.05, 4.69) is 19.1 Å². The van der Waals surface area contributed by atoms with E-state index >= 15 is 0 Å². The van der Waals surface area contributed by atoms with Gasteiger partial charge in [-0.05, 0) is 41.5 Å². The van der Waals surface area contributed by atoms with Crippen LogP contribution in [0.4, 0.5) is 8.78 Å². The Bertz CT molecular complexity index is 742. The lowest BCUT2D eigenvalue weighted by Gasteiger charge is -2.18. The summed E-state index contributed by atoms with van der Waals surface area (Å²) in [6, 6.07) is 11.8. The van der Waals surface area contributed by atoms with E-state index in [4.69, 9.17) is 0 Å². The van der Waals surface area contributed by atoms with Gasteiger partial charge in [0.1, 0.15) is 11.6 Å². The second-order valence-corrected chi connectivity index (χ2v) is 6.48. The first-order valence-electron chi connectivity index (χ1n) is 8.27. The van der Waals surface area contributed by atoms with Crippen LogP contribution in [0, 0.1) is 17.6 Å². The lowest BCUT2D eigenvalue weighted by atomic mass is 10.1. The molecule has 2 nitrogen and oxygen atoms in total. The molecule has 2 aromatic carbocycles. The molecule has 0 heterocycles. The Hall–Kier alpha value is -2.23. The highest BCUT2D eigenvalue weighted by Gasteiger charge is 2.46. The molecule has 0 bridgehead atoms. The summed E-state index contributed by atoms with van der Waals surface area (Å²) in [6.45, 7) is 2.64. The fourth-order valence-corrected chi connectivity index (χ4v) is 3.13. The summed E-state index contributed by atoms with van der Waals surface area (Å²) >= 11 is 0. The van der Waals surface area contributed by atoms with Crippen LogP contribution >= 0.6 is 0 Å².